The van der Waals surface area contributed by atoms with Crippen molar-refractivity contribution in [2.24, 2.45) is 0 Å². The lowest BCUT2D eigenvalue weighted by molar-refractivity contribution is -0.116. The van der Waals surface area contributed by atoms with Crippen molar-refractivity contribution < 1.29 is 9.21 Å². The number of nitrogens with one attached hydrogen (secondary N) is 1. The number of carbonyl (C=O) groups is 1. The van der Waals surface area contributed by atoms with Crippen LogP contribution >= 0.6 is 0 Å². The van der Waals surface area contributed by atoms with Gasteiger partial charge in [-0.15, -0.1) is 0 Å². The molecule has 0 bridgehead atoms. The molecule has 23 heavy (non-hydrogen) atoms. The molecule has 1 N–H and O–H groups in total. The number of aromatic nitrogens is 1. The molecule has 0 fully saturated rings. The number of oxazole rings is 1. The zero-order valence-electron chi connectivity index (χ0n) is 14.9. The van der Waals surface area contributed by atoms with E-state index in [4.69, 9.17) is 4.42 Å². The van der Waals surface area contributed by atoms with Gasteiger partial charge in [-0.2, -0.15) is 0 Å². The highest BCUT2D eigenvalue weighted by atomic mass is 16.4. The van der Waals surface area contributed by atoms with Gasteiger partial charge in [-0.25, -0.2) is 4.98 Å². The number of aryl methyl sites for hydroxylation is 4. The van der Waals surface area contributed by atoms with Crippen molar-refractivity contribution in [1.82, 2.24) is 4.98 Å². The summed E-state index contributed by atoms with van der Waals surface area (Å²) in [7, 11) is 0. The maximum absolute atomic E-state index is 12.1. The average molecular weight is 314 g/mol. The number of hydrogen-bond donors (Lipinski definition) is 1. The Morgan fingerprint density at radius 1 is 1.17 bits per heavy atom. The second-order valence-electron chi connectivity index (χ2n) is 7.12. The van der Waals surface area contributed by atoms with Gasteiger partial charge in [-0.1, -0.05) is 26.8 Å². The zero-order chi connectivity index (χ0) is 17.2. The van der Waals surface area contributed by atoms with E-state index in [1.54, 1.807) is 0 Å². The topological polar surface area (TPSA) is 55.1 Å². The third-order valence-electron chi connectivity index (χ3n) is 3.90. The van der Waals surface area contributed by atoms with E-state index in [1.165, 1.54) is 11.1 Å². The second kappa shape index (κ2) is 6.57. The van der Waals surface area contributed by atoms with Gasteiger partial charge in [0.2, 0.25) is 5.91 Å². The zero-order valence-corrected chi connectivity index (χ0v) is 14.9. The Bertz CT molecular complexity index is 709. The van der Waals surface area contributed by atoms with Gasteiger partial charge in [-0.3, -0.25) is 4.79 Å². The average Bonchev–Trinajstić information content (AvgIpc) is 2.82. The highest BCUT2D eigenvalue weighted by Gasteiger charge is 2.22. The third kappa shape index (κ3) is 4.44. The lowest BCUT2D eigenvalue weighted by Gasteiger charge is -2.12. The Kier molecular flexibility index (Phi) is 4.93. The molecule has 0 aliphatic heterocycles. The van der Waals surface area contributed by atoms with Crippen LogP contribution < -0.4 is 5.32 Å². The SMILES string of the molecule is Cc1ccc(NC(=O)CCc2oc(C(C)(C)C)nc2C)cc1C. The third-order valence-corrected chi connectivity index (χ3v) is 3.90. The molecule has 0 spiro atoms. The molecule has 0 aliphatic rings. The van der Waals surface area contributed by atoms with Crippen LogP contribution in [0.5, 0.6) is 0 Å². The van der Waals surface area contributed by atoms with Crippen LogP contribution in [-0.4, -0.2) is 10.9 Å². The summed E-state index contributed by atoms with van der Waals surface area (Å²) >= 11 is 0. The molecule has 2 aromatic rings. The molecule has 0 saturated carbocycles. The lowest BCUT2D eigenvalue weighted by Crippen LogP contribution is -2.12. The van der Waals surface area contributed by atoms with Gasteiger partial charge >= 0.3 is 0 Å². The van der Waals surface area contributed by atoms with Crippen LogP contribution in [0.25, 0.3) is 0 Å². The van der Waals surface area contributed by atoms with Gasteiger partial charge in [0.1, 0.15) is 5.76 Å². The van der Waals surface area contributed by atoms with Crippen LogP contribution in [0.2, 0.25) is 0 Å². The summed E-state index contributed by atoms with van der Waals surface area (Å²) < 4.78 is 5.82. The predicted molar refractivity (Wildman–Crippen MR) is 92.8 cm³/mol. The molecule has 0 unspecified atom stereocenters. The quantitative estimate of drug-likeness (QED) is 0.906. The molecular weight excluding hydrogens is 288 g/mol. The fourth-order valence-corrected chi connectivity index (χ4v) is 2.25. The lowest BCUT2D eigenvalue weighted by atomic mass is 9.97. The van der Waals surface area contributed by atoms with E-state index in [0.29, 0.717) is 12.8 Å². The van der Waals surface area contributed by atoms with Crippen LogP contribution in [0.3, 0.4) is 0 Å². The predicted octanol–water partition coefficient (Wildman–Crippen LogP) is 4.47. The Morgan fingerprint density at radius 3 is 2.43 bits per heavy atom. The van der Waals surface area contributed by atoms with Crippen molar-refractivity contribution in [2.45, 2.75) is 59.8 Å². The van der Waals surface area contributed by atoms with Crippen molar-refractivity contribution >= 4 is 11.6 Å². The van der Waals surface area contributed by atoms with Crippen molar-refractivity contribution in [2.75, 3.05) is 5.32 Å². The Balaban J connectivity index is 1.96. The summed E-state index contributed by atoms with van der Waals surface area (Å²) in [5.74, 6) is 1.51. The molecule has 0 atom stereocenters. The van der Waals surface area contributed by atoms with Crippen molar-refractivity contribution in [3.63, 3.8) is 0 Å². The summed E-state index contributed by atoms with van der Waals surface area (Å²) in [6.45, 7) is 12.2. The van der Waals surface area contributed by atoms with Gasteiger partial charge in [0.05, 0.1) is 5.69 Å². The number of benzene rings is 1. The van der Waals surface area contributed by atoms with E-state index in [-0.39, 0.29) is 11.3 Å². The highest BCUT2D eigenvalue weighted by Crippen LogP contribution is 2.24. The van der Waals surface area contributed by atoms with E-state index in [2.05, 4.69) is 38.0 Å². The first-order chi connectivity index (χ1) is 10.7. The molecule has 4 nitrogen and oxygen atoms in total. The first-order valence-corrected chi connectivity index (χ1v) is 8.00. The van der Waals surface area contributed by atoms with Crippen LogP contribution in [0, 0.1) is 20.8 Å². The minimum absolute atomic E-state index is 0.0126. The minimum atomic E-state index is -0.120. The molecule has 0 aliphatic carbocycles. The second-order valence-corrected chi connectivity index (χ2v) is 7.12. The first-order valence-electron chi connectivity index (χ1n) is 8.00. The number of carbonyl (C=O) groups excluding carboxylic acids is 1. The fourth-order valence-electron chi connectivity index (χ4n) is 2.25. The molecule has 4 heteroatoms. The Labute approximate surface area is 138 Å². The number of rotatable bonds is 4. The minimum Gasteiger partial charge on any atom is -0.445 e. The van der Waals surface area contributed by atoms with Crippen LogP contribution in [0.15, 0.2) is 22.6 Å². The maximum atomic E-state index is 12.1. The monoisotopic (exact) mass is 314 g/mol. The molecule has 0 saturated heterocycles. The van der Waals surface area contributed by atoms with Gasteiger partial charge < -0.3 is 9.73 Å². The number of nitrogens with zero attached hydrogens (tertiary/aromatic N) is 1. The largest absolute Gasteiger partial charge is 0.445 e. The molecule has 1 heterocycles. The number of anilines is 1. The fraction of sp³-hybridized carbons (Fsp3) is 0.474. The Morgan fingerprint density at radius 2 is 1.87 bits per heavy atom. The molecule has 124 valence electrons. The molecule has 1 aromatic heterocycles. The first kappa shape index (κ1) is 17.3. The summed E-state index contributed by atoms with van der Waals surface area (Å²) in [5.41, 5.74) is 3.97. The molecule has 2 rings (SSSR count). The Hall–Kier alpha value is -2.10. The molecular formula is C19H26N2O2. The summed E-state index contributed by atoms with van der Waals surface area (Å²) in [5, 5.41) is 2.94. The van der Waals surface area contributed by atoms with E-state index < -0.39 is 0 Å². The maximum Gasteiger partial charge on any atom is 0.224 e. The van der Waals surface area contributed by atoms with Crippen molar-refractivity contribution in [3.8, 4) is 0 Å². The van der Waals surface area contributed by atoms with Crippen molar-refractivity contribution in [3.05, 3.63) is 46.7 Å². The van der Waals surface area contributed by atoms with Gasteiger partial charge in [0.25, 0.3) is 0 Å². The summed E-state index contributed by atoms with van der Waals surface area (Å²) in [4.78, 5) is 16.6. The van der Waals surface area contributed by atoms with Crippen LogP contribution in [0.1, 0.15) is 55.7 Å². The van der Waals surface area contributed by atoms with E-state index >= 15 is 0 Å². The van der Waals surface area contributed by atoms with Crippen LogP contribution in [0.4, 0.5) is 5.69 Å². The normalized spacial score (nSPS) is 11.6. The smallest absolute Gasteiger partial charge is 0.224 e. The van der Waals surface area contributed by atoms with Crippen LogP contribution in [-0.2, 0) is 16.6 Å². The molecule has 1 aromatic carbocycles. The van der Waals surface area contributed by atoms with Gasteiger partial charge in [0, 0.05) is 23.9 Å². The molecule has 0 radical (unpaired) electrons. The van der Waals surface area contributed by atoms with E-state index in [0.717, 1.165) is 23.0 Å². The van der Waals surface area contributed by atoms with Gasteiger partial charge in [0.15, 0.2) is 5.89 Å². The summed E-state index contributed by atoms with van der Waals surface area (Å²) in [6.07, 6.45) is 0.943. The molecule has 1 amide bonds. The van der Waals surface area contributed by atoms with E-state index in [9.17, 15) is 4.79 Å². The summed E-state index contributed by atoms with van der Waals surface area (Å²) in [6, 6.07) is 5.93. The van der Waals surface area contributed by atoms with Gasteiger partial charge in [-0.05, 0) is 44.0 Å². The number of hydrogen-bond acceptors (Lipinski definition) is 3. The standard InChI is InChI=1S/C19H26N2O2/c1-12-7-8-15(11-13(12)2)21-17(22)10-9-16-14(3)20-18(23-16)19(4,5)6/h7-8,11H,9-10H2,1-6H3,(H,21,22). The van der Waals surface area contributed by atoms with E-state index in [1.807, 2.05) is 32.0 Å². The number of amides is 1. The van der Waals surface area contributed by atoms with Crippen molar-refractivity contribution in [1.29, 1.82) is 0 Å². The highest BCUT2D eigenvalue weighted by molar-refractivity contribution is 5.90.